The Kier molecular flexibility index (Phi) is 4.65. The minimum Gasteiger partial charge on any atom is -0.359 e. The van der Waals surface area contributed by atoms with Gasteiger partial charge in [-0.1, -0.05) is 28.9 Å². The van der Waals surface area contributed by atoms with Crippen molar-refractivity contribution < 1.29 is 9.32 Å². The van der Waals surface area contributed by atoms with Gasteiger partial charge in [-0.05, 0) is 31.2 Å². The second-order valence-corrected chi connectivity index (χ2v) is 6.82. The molecule has 24 heavy (non-hydrogen) atoms. The van der Waals surface area contributed by atoms with Gasteiger partial charge >= 0.3 is 0 Å². The van der Waals surface area contributed by atoms with Gasteiger partial charge in [-0.3, -0.25) is 4.79 Å². The average Bonchev–Trinajstić information content (AvgIpc) is 3.24. The number of thiophene rings is 1. The van der Waals surface area contributed by atoms with Crippen molar-refractivity contribution in [1.82, 2.24) is 10.5 Å². The Hall–Kier alpha value is -2.62. The molecule has 1 atom stereocenters. The highest BCUT2D eigenvalue weighted by molar-refractivity contribution is 7.17. The predicted octanol–water partition coefficient (Wildman–Crippen LogP) is 4.42. The summed E-state index contributed by atoms with van der Waals surface area (Å²) in [5.74, 6) is 0.334. The third-order valence-corrected chi connectivity index (χ3v) is 4.64. The number of nitrogens with zero attached hydrogens (tertiary/aromatic N) is 2. The predicted molar refractivity (Wildman–Crippen MR) is 91.9 cm³/mol. The van der Waals surface area contributed by atoms with Crippen molar-refractivity contribution in [3.05, 3.63) is 63.0 Å². The summed E-state index contributed by atoms with van der Waals surface area (Å²) in [5.41, 5.74) is 2.07. The molecule has 0 fully saturated rings. The van der Waals surface area contributed by atoms with E-state index in [0.717, 1.165) is 5.56 Å². The van der Waals surface area contributed by atoms with Crippen LogP contribution in [0.15, 0.2) is 47.0 Å². The lowest BCUT2D eigenvalue weighted by atomic mass is 10.1. The van der Waals surface area contributed by atoms with Gasteiger partial charge in [0, 0.05) is 11.6 Å². The fourth-order valence-electron chi connectivity index (χ4n) is 2.12. The van der Waals surface area contributed by atoms with Crippen LogP contribution in [0.3, 0.4) is 0 Å². The van der Waals surface area contributed by atoms with E-state index in [1.54, 1.807) is 42.5 Å². The largest absolute Gasteiger partial charge is 0.359 e. The van der Waals surface area contributed by atoms with E-state index in [4.69, 9.17) is 21.4 Å². The highest BCUT2D eigenvalue weighted by Gasteiger charge is 2.17. The van der Waals surface area contributed by atoms with Gasteiger partial charge in [0.15, 0.2) is 5.76 Å². The van der Waals surface area contributed by atoms with Crippen molar-refractivity contribution in [2.75, 3.05) is 0 Å². The number of aromatic nitrogens is 1. The first-order valence-electron chi connectivity index (χ1n) is 7.10. The van der Waals surface area contributed by atoms with Crippen LogP contribution in [0.5, 0.6) is 0 Å². The minimum atomic E-state index is -0.335. The van der Waals surface area contributed by atoms with E-state index in [0.29, 0.717) is 26.2 Å². The second-order valence-electron chi connectivity index (χ2n) is 5.10. The van der Waals surface area contributed by atoms with E-state index >= 15 is 0 Å². The van der Waals surface area contributed by atoms with Crippen LogP contribution in [0.2, 0.25) is 4.34 Å². The van der Waals surface area contributed by atoms with E-state index in [-0.39, 0.29) is 11.9 Å². The van der Waals surface area contributed by atoms with Gasteiger partial charge in [-0.2, -0.15) is 5.26 Å². The monoisotopic (exact) mass is 357 g/mol. The summed E-state index contributed by atoms with van der Waals surface area (Å²) in [6.45, 7) is 1.82. The lowest BCUT2D eigenvalue weighted by Gasteiger charge is -2.09. The number of nitriles is 1. The Balaban J connectivity index is 1.72. The maximum Gasteiger partial charge on any atom is 0.261 e. The minimum absolute atomic E-state index is 0.212. The van der Waals surface area contributed by atoms with Crippen molar-refractivity contribution in [3.8, 4) is 17.3 Å². The lowest BCUT2D eigenvalue weighted by molar-refractivity contribution is 0.0938. The van der Waals surface area contributed by atoms with Crippen LogP contribution < -0.4 is 5.32 Å². The molecule has 1 N–H and O–H groups in total. The zero-order valence-corrected chi connectivity index (χ0v) is 14.2. The third kappa shape index (κ3) is 3.48. The van der Waals surface area contributed by atoms with Crippen molar-refractivity contribution in [2.45, 2.75) is 13.0 Å². The SMILES string of the molecule is C[C@@H](NC(=O)c1ccc(Cl)s1)c1cc(-c2ccc(C#N)cc2)no1. The zero-order valence-electron chi connectivity index (χ0n) is 12.6. The quantitative estimate of drug-likeness (QED) is 0.749. The molecule has 2 aromatic heterocycles. The molecule has 0 aliphatic carbocycles. The smallest absolute Gasteiger partial charge is 0.261 e. The fourth-order valence-corrected chi connectivity index (χ4v) is 3.07. The molecule has 0 spiro atoms. The molecule has 3 aromatic rings. The van der Waals surface area contributed by atoms with E-state index in [1.807, 2.05) is 6.92 Å². The average molecular weight is 358 g/mol. The van der Waals surface area contributed by atoms with Crippen molar-refractivity contribution in [3.63, 3.8) is 0 Å². The second kappa shape index (κ2) is 6.87. The molecule has 0 aliphatic rings. The highest BCUT2D eigenvalue weighted by atomic mass is 35.5. The standard InChI is InChI=1S/C17H12ClN3O2S/c1-10(20-17(22)15-6-7-16(18)24-15)14-8-13(21-23-14)12-4-2-11(9-19)3-5-12/h2-8,10H,1H3,(H,20,22)/t10-/m1/s1. The van der Waals surface area contributed by atoms with Gasteiger partial charge < -0.3 is 9.84 Å². The normalized spacial score (nSPS) is 11.7. The molecule has 0 bridgehead atoms. The first-order valence-corrected chi connectivity index (χ1v) is 8.29. The van der Waals surface area contributed by atoms with E-state index in [1.165, 1.54) is 11.3 Å². The van der Waals surface area contributed by atoms with E-state index in [2.05, 4.69) is 16.5 Å². The summed E-state index contributed by atoms with van der Waals surface area (Å²) < 4.78 is 5.89. The number of rotatable bonds is 4. The van der Waals surface area contributed by atoms with Gasteiger partial charge in [0.25, 0.3) is 5.91 Å². The number of halogens is 1. The number of carbonyl (C=O) groups is 1. The number of hydrogen-bond donors (Lipinski definition) is 1. The molecule has 0 saturated heterocycles. The van der Waals surface area contributed by atoms with Gasteiger partial charge in [0.2, 0.25) is 0 Å². The lowest BCUT2D eigenvalue weighted by Crippen LogP contribution is -2.25. The van der Waals surface area contributed by atoms with Crippen LogP contribution in [-0.4, -0.2) is 11.1 Å². The summed E-state index contributed by atoms with van der Waals surface area (Å²) >= 11 is 7.06. The van der Waals surface area contributed by atoms with Crippen molar-refractivity contribution in [1.29, 1.82) is 5.26 Å². The Bertz CT molecular complexity index is 909. The molecule has 1 aromatic carbocycles. The Morgan fingerprint density at radius 3 is 2.71 bits per heavy atom. The molecule has 1 amide bonds. The zero-order chi connectivity index (χ0) is 17.1. The van der Waals surface area contributed by atoms with E-state index in [9.17, 15) is 4.79 Å². The maximum absolute atomic E-state index is 12.1. The Labute approximate surface area is 147 Å². The van der Waals surface area contributed by atoms with Gasteiger partial charge in [0.05, 0.1) is 26.9 Å². The molecule has 5 nitrogen and oxygen atoms in total. The van der Waals surface area contributed by atoms with Crippen LogP contribution >= 0.6 is 22.9 Å². The molecular formula is C17H12ClN3O2S. The molecule has 2 heterocycles. The molecule has 3 rings (SSSR count). The van der Waals surface area contributed by atoms with Crippen LogP contribution in [0.25, 0.3) is 11.3 Å². The van der Waals surface area contributed by atoms with Crippen LogP contribution in [0.4, 0.5) is 0 Å². The summed E-state index contributed by atoms with van der Waals surface area (Å²) in [7, 11) is 0. The van der Waals surface area contributed by atoms with Crippen LogP contribution in [0.1, 0.15) is 34.0 Å². The first kappa shape index (κ1) is 16.2. The molecule has 7 heteroatoms. The number of nitrogens with one attached hydrogen (secondary N) is 1. The van der Waals surface area contributed by atoms with Crippen molar-refractivity contribution in [2.24, 2.45) is 0 Å². The summed E-state index contributed by atoms with van der Waals surface area (Å²) in [5, 5.41) is 15.7. The molecule has 0 unspecified atom stereocenters. The molecular weight excluding hydrogens is 346 g/mol. The number of benzene rings is 1. The molecule has 0 radical (unpaired) electrons. The molecule has 120 valence electrons. The van der Waals surface area contributed by atoms with Crippen LogP contribution in [0, 0.1) is 11.3 Å². The Morgan fingerprint density at radius 2 is 2.08 bits per heavy atom. The van der Waals surface area contributed by atoms with Gasteiger partial charge in [-0.15, -0.1) is 11.3 Å². The topological polar surface area (TPSA) is 78.9 Å². The molecule has 0 aliphatic heterocycles. The van der Waals surface area contributed by atoms with Crippen molar-refractivity contribution >= 4 is 28.8 Å². The number of amides is 1. The number of carbonyl (C=O) groups excluding carboxylic acids is 1. The van der Waals surface area contributed by atoms with E-state index < -0.39 is 0 Å². The Morgan fingerprint density at radius 1 is 1.33 bits per heavy atom. The summed E-state index contributed by atoms with van der Waals surface area (Å²) in [4.78, 5) is 12.7. The maximum atomic E-state index is 12.1. The van der Waals surface area contributed by atoms with Gasteiger partial charge in [0.1, 0.15) is 5.69 Å². The fraction of sp³-hybridized carbons (Fsp3) is 0.118. The highest BCUT2D eigenvalue weighted by Crippen LogP contribution is 2.25. The van der Waals surface area contributed by atoms with Crippen LogP contribution in [-0.2, 0) is 0 Å². The number of hydrogen-bond acceptors (Lipinski definition) is 5. The molecule has 0 saturated carbocycles. The third-order valence-electron chi connectivity index (χ3n) is 3.41. The van der Waals surface area contributed by atoms with Gasteiger partial charge in [-0.25, -0.2) is 0 Å². The summed E-state index contributed by atoms with van der Waals surface area (Å²) in [6.07, 6.45) is 0. The first-order chi connectivity index (χ1) is 11.6. The summed E-state index contributed by atoms with van der Waals surface area (Å²) in [6, 6.07) is 13.9.